The second-order valence-electron chi connectivity index (χ2n) is 8.99. The molecule has 0 aliphatic rings. The number of nitrogens with zero attached hydrogens (tertiary/aromatic N) is 5. The molecular formula is C30H28ClN7. The third-order valence-electron chi connectivity index (χ3n) is 6.77. The van der Waals surface area contributed by atoms with E-state index >= 15 is 0 Å². The normalized spacial score (nSPS) is 12.6. The van der Waals surface area contributed by atoms with Gasteiger partial charge in [-0.05, 0) is 36.6 Å². The molecule has 1 unspecified atom stereocenters. The molecule has 5 aromatic rings. The number of hydrogen-bond donors (Lipinski definition) is 2. The average Bonchev–Trinajstić information content (AvgIpc) is 3.49. The molecular weight excluding hydrogens is 494 g/mol. The highest BCUT2D eigenvalue weighted by Crippen LogP contribution is 2.39. The van der Waals surface area contributed by atoms with Crippen LogP contribution in [0.3, 0.4) is 0 Å². The van der Waals surface area contributed by atoms with Gasteiger partial charge in [0.2, 0.25) is 0 Å². The van der Waals surface area contributed by atoms with Crippen LogP contribution in [-0.2, 0) is 0 Å². The third kappa shape index (κ3) is 4.91. The fraction of sp³-hybridized carbons (Fsp3) is 0.200. The smallest absolute Gasteiger partial charge is 0.109 e. The van der Waals surface area contributed by atoms with Crippen LogP contribution in [0.4, 0.5) is 11.4 Å². The van der Waals surface area contributed by atoms with Gasteiger partial charge in [-0.2, -0.15) is 20.7 Å². The van der Waals surface area contributed by atoms with Gasteiger partial charge in [0.1, 0.15) is 17.8 Å². The summed E-state index contributed by atoms with van der Waals surface area (Å²) in [5, 5.41) is 26.2. The zero-order chi connectivity index (χ0) is 26.5. The Balaban J connectivity index is 1.66. The lowest BCUT2D eigenvalue weighted by molar-refractivity contribution is 0.701. The highest BCUT2D eigenvalue weighted by Gasteiger charge is 2.26. The number of nitrogens with one attached hydrogen (secondary N) is 2. The Hall–Kier alpha value is -4.41. The zero-order valence-corrected chi connectivity index (χ0v) is 22.0. The fourth-order valence-corrected chi connectivity index (χ4v) is 5.20. The first-order valence-electron chi connectivity index (χ1n) is 12.7. The van der Waals surface area contributed by atoms with Gasteiger partial charge in [0, 0.05) is 23.8 Å². The van der Waals surface area contributed by atoms with Gasteiger partial charge < -0.3 is 10.2 Å². The molecule has 2 N–H and O–H groups in total. The Morgan fingerprint density at radius 2 is 1.71 bits per heavy atom. The van der Waals surface area contributed by atoms with E-state index in [0.29, 0.717) is 22.6 Å². The second kappa shape index (κ2) is 11.3. The third-order valence-corrected chi connectivity index (χ3v) is 7.06. The lowest BCUT2D eigenvalue weighted by Gasteiger charge is -2.32. The maximum atomic E-state index is 10.00. The van der Waals surface area contributed by atoms with Gasteiger partial charge in [-0.3, -0.25) is 4.98 Å². The van der Waals surface area contributed by atoms with Crippen molar-refractivity contribution in [2.45, 2.75) is 32.4 Å². The largest absolute Gasteiger partial charge is 0.377 e. The molecule has 2 aromatic heterocycles. The van der Waals surface area contributed by atoms with Crippen LogP contribution >= 0.6 is 11.6 Å². The minimum absolute atomic E-state index is 0.0193. The van der Waals surface area contributed by atoms with Crippen LogP contribution in [0.1, 0.15) is 54.7 Å². The molecule has 0 bridgehead atoms. The summed E-state index contributed by atoms with van der Waals surface area (Å²) in [6.45, 7) is 4.91. The molecule has 5 rings (SSSR count). The van der Waals surface area contributed by atoms with Crippen molar-refractivity contribution in [2.24, 2.45) is 0 Å². The summed E-state index contributed by atoms with van der Waals surface area (Å²) in [5.41, 5.74) is 5.77. The van der Waals surface area contributed by atoms with Crippen molar-refractivity contribution >= 4 is 33.9 Å². The average molecular weight is 522 g/mol. The van der Waals surface area contributed by atoms with Crippen LogP contribution < -0.4 is 10.2 Å². The SMILES string of the molecule is CC[C@@H](Nc1c(C#N)cnc2c(Cl)cc(N(CC)C(c3ccccc3)c3cn[nH]n3)cc12)c1ccccc1. The first-order chi connectivity index (χ1) is 18.6. The van der Waals surface area contributed by atoms with E-state index in [1.54, 1.807) is 12.4 Å². The van der Waals surface area contributed by atoms with Crippen molar-refractivity contribution in [3.63, 3.8) is 0 Å². The van der Waals surface area contributed by atoms with Gasteiger partial charge in [-0.25, -0.2) is 0 Å². The van der Waals surface area contributed by atoms with E-state index in [2.05, 4.69) is 80.9 Å². The van der Waals surface area contributed by atoms with Crippen LogP contribution in [0.15, 0.2) is 85.2 Å². The molecule has 38 heavy (non-hydrogen) atoms. The number of aromatic amines is 1. The summed E-state index contributed by atoms with van der Waals surface area (Å²) in [6, 6.07) is 26.6. The molecule has 0 saturated heterocycles. The van der Waals surface area contributed by atoms with E-state index in [9.17, 15) is 5.26 Å². The monoisotopic (exact) mass is 521 g/mol. The number of pyridine rings is 1. The standard InChI is InChI=1S/C30H28ClN7/c1-3-26(20-11-7-5-8-12-20)35-28-22(17-32)18-33-29-24(28)15-23(16-25(29)31)38(4-2)30(27-19-34-37-36-27)21-13-9-6-10-14-21/h5-16,18-19,26,30H,3-4H2,1-2H3,(H,33,35)(H,34,36,37)/t26-,30?/m1/s1. The van der Waals surface area contributed by atoms with Gasteiger partial charge >= 0.3 is 0 Å². The van der Waals surface area contributed by atoms with E-state index in [-0.39, 0.29) is 12.1 Å². The molecule has 0 saturated carbocycles. The number of aromatic nitrogens is 4. The number of halogens is 1. The molecule has 0 spiro atoms. The van der Waals surface area contributed by atoms with Crippen molar-refractivity contribution in [3.05, 3.63) is 113 Å². The van der Waals surface area contributed by atoms with Crippen LogP contribution in [0.2, 0.25) is 5.02 Å². The summed E-state index contributed by atoms with van der Waals surface area (Å²) < 4.78 is 0. The number of anilines is 2. The Bertz CT molecular complexity index is 1550. The van der Waals surface area contributed by atoms with Crippen LogP contribution in [-0.4, -0.2) is 26.9 Å². The van der Waals surface area contributed by atoms with Gasteiger partial charge in [0.05, 0.1) is 34.0 Å². The zero-order valence-electron chi connectivity index (χ0n) is 21.3. The van der Waals surface area contributed by atoms with Crippen LogP contribution in [0, 0.1) is 11.3 Å². The second-order valence-corrected chi connectivity index (χ2v) is 9.40. The lowest BCUT2D eigenvalue weighted by atomic mass is 10.00. The Morgan fingerprint density at radius 3 is 2.32 bits per heavy atom. The highest BCUT2D eigenvalue weighted by atomic mass is 35.5. The van der Waals surface area contributed by atoms with Crippen LogP contribution in [0.25, 0.3) is 10.9 Å². The van der Waals surface area contributed by atoms with Crippen molar-refractivity contribution in [1.29, 1.82) is 5.26 Å². The van der Waals surface area contributed by atoms with Crippen LogP contribution in [0.5, 0.6) is 0 Å². The van der Waals surface area contributed by atoms with E-state index in [1.165, 1.54) is 0 Å². The van der Waals surface area contributed by atoms with Crippen molar-refractivity contribution in [1.82, 2.24) is 20.4 Å². The van der Waals surface area contributed by atoms with Crippen molar-refractivity contribution in [2.75, 3.05) is 16.8 Å². The molecule has 0 aliphatic carbocycles. The number of benzene rings is 3. The Morgan fingerprint density at radius 1 is 1.00 bits per heavy atom. The number of nitriles is 1. The minimum atomic E-state index is -0.190. The number of rotatable bonds is 9. The molecule has 0 fully saturated rings. The topological polar surface area (TPSA) is 93.5 Å². The molecule has 8 heteroatoms. The summed E-state index contributed by atoms with van der Waals surface area (Å²) >= 11 is 6.86. The summed E-state index contributed by atoms with van der Waals surface area (Å²) in [4.78, 5) is 6.79. The number of hydrogen-bond acceptors (Lipinski definition) is 6. The maximum absolute atomic E-state index is 10.00. The molecule has 2 heterocycles. The van der Waals surface area contributed by atoms with Gasteiger partial charge in [-0.1, -0.05) is 79.2 Å². The Kier molecular flexibility index (Phi) is 7.52. The van der Waals surface area contributed by atoms with Gasteiger partial charge in [-0.15, -0.1) is 0 Å². The van der Waals surface area contributed by atoms with Crippen molar-refractivity contribution < 1.29 is 0 Å². The van der Waals surface area contributed by atoms with E-state index < -0.39 is 0 Å². The quantitative estimate of drug-likeness (QED) is 0.216. The molecule has 0 aliphatic heterocycles. The molecule has 7 nitrogen and oxygen atoms in total. The molecule has 3 aromatic carbocycles. The summed E-state index contributed by atoms with van der Waals surface area (Å²) in [7, 11) is 0. The highest BCUT2D eigenvalue weighted by molar-refractivity contribution is 6.35. The minimum Gasteiger partial charge on any atom is -0.377 e. The molecule has 190 valence electrons. The van der Waals surface area contributed by atoms with Crippen molar-refractivity contribution in [3.8, 4) is 6.07 Å². The Labute approximate surface area is 227 Å². The fourth-order valence-electron chi connectivity index (χ4n) is 4.93. The number of H-pyrrole nitrogens is 1. The first-order valence-corrected chi connectivity index (χ1v) is 13.0. The molecule has 0 amide bonds. The summed E-state index contributed by atoms with van der Waals surface area (Å²) in [5.74, 6) is 0. The maximum Gasteiger partial charge on any atom is 0.109 e. The van der Waals surface area contributed by atoms with E-state index in [0.717, 1.165) is 40.0 Å². The lowest BCUT2D eigenvalue weighted by Crippen LogP contribution is -2.29. The molecule has 2 atom stereocenters. The number of fused-ring (bicyclic) bond motifs is 1. The summed E-state index contributed by atoms with van der Waals surface area (Å²) in [6.07, 6.45) is 4.18. The molecule has 0 radical (unpaired) electrons. The van der Waals surface area contributed by atoms with Gasteiger partial charge in [0.25, 0.3) is 0 Å². The van der Waals surface area contributed by atoms with E-state index in [4.69, 9.17) is 11.6 Å². The first kappa shape index (κ1) is 25.2. The van der Waals surface area contributed by atoms with Gasteiger partial charge in [0.15, 0.2) is 0 Å². The predicted molar refractivity (Wildman–Crippen MR) is 152 cm³/mol. The predicted octanol–water partition coefficient (Wildman–Crippen LogP) is 7.06. The van der Waals surface area contributed by atoms with E-state index in [1.807, 2.05) is 42.5 Å².